The van der Waals surface area contributed by atoms with Gasteiger partial charge in [0, 0.05) is 86.0 Å². The first-order valence-corrected chi connectivity index (χ1v) is 28.6. The van der Waals surface area contributed by atoms with Crippen LogP contribution >= 0.6 is 11.3 Å². The van der Waals surface area contributed by atoms with E-state index in [0.29, 0.717) is 64.7 Å². The number of likely N-dealkylation sites (tertiary alicyclic amines) is 1. The van der Waals surface area contributed by atoms with E-state index in [1.54, 1.807) is 42.9 Å². The van der Waals surface area contributed by atoms with Crippen molar-refractivity contribution in [2.24, 2.45) is 13.0 Å². The number of halogens is 2. The van der Waals surface area contributed by atoms with Crippen LogP contribution in [-0.2, 0) is 45.3 Å². The maximum atomic E-state index is 15.5. The number of anilines is 2. The molecule has 3 amide bonds. The molecule has 7 heterocycles. The lowest BCUT2D eigenvalue weighted by Crippen LogP contribution is -2.48. The molecule has 406 valence electrons. The van der Waals surface area contributed by atoms with Crippen molar-refractivity contribution < 1.29 is 45.9 Å². The molecule has 0 unspecified atom stereocenters. The number of pyridine rings is 2. The van der Waals surface area contributed by atoms with Gasteiger partial charge in [0.05, 0.1) is 53.0 Å². The summed E-state index contributed by atoms with van der Waals surface area (Å²) in [7, 11) is -2.09. The third-order valence-corrected chi connectivity index (χ3v) is 15.9. The quantitative estimate of drug-likeness (QED) is 0.0500. The monoisotopic (exact) mass is 1090 g/mol. The second-order valence-corrected chi connectivity index (χ2v) is 23.3. The van der Waals surface area contributed by atoms with Crippen LogP contribution in [0.5, 0.6) is 5.88 Å². The molecule has 2 aliphatic heterocycles. The number of fused-ring (bicyclic) bond motifs is 2. The molecule has 7 aromatic rings. The molecular formula is C55H61F2N9O9S2. The molecule has 0 aliphatic carbocycles. The van der Waals surface area contributed by atoms with Crippen LogP contribution in [0.2, 0.25) is 0 Å². The van der Waals surface area contributed by atoms with E-state index in [2.05, 4.69) is 30.7 Å². The third kappa shape index (κ3) is 12.1. The van der Waals surface area contributed by atoms with E-state index < -0.39 is 51.2 Å². The minimum atomic E-state index is -3.67. The number of aliphatic hydroxyl groups is 1. The van der Waals surface area contributed by atoms with Gasteiger partial charge in [-0.25, -0.2) is 27.2 Å². The highest BCUT2D eigenvalue weighted by Gasteiger charge is 2.43. The third-order valence-electron chi connectivity index (χ3n) is 14.1. The van der Waals surface area contributed by atoms with Gasteiger partial charge in [-0.1, -0.05) is 63.8 Å². The van der Waals surface area contributed by atoms with Crippen molar-refractivity contribution in [1.82, 2.24) is 40.2 Å². The number of carbonyl (C=O) groups excluding carboxylic acids is 3. The number of aryl methyl sites for hydroxylation is 2. The Balaban J connectivity index is 0.756. The molecule has 1 fully saturated rings. The summed E-state index contributed by atoms with van der Waals surface area (Å²) in [6, 6.07) is 12.4. The average molecular weight is 1090 g/mol. The summed E-state index contributed by atoms with van der Waals surface area (Å²) < 4.78 is 68.2. The van der Waals surface area contributed by atoms with Gasteiger partial charge in [0.25, 0.3) is 17.3 Å². The number of sulfone groups is 1. The number of hydrogen-bond donors (Lipinski definition) is 4. The Bertz CT molecular complexity index is 3500. The number of aromatic amines is 1. The lowest BCUT2D eigenvalue weighted by Gasteiger charge is -2.28. The minimum absolute atomic E-state index is 0.00694. The van der Waals surface area contributed by atoms with E-state index in [0.717, 1.165) is 66.3 Å². The Morgan fingerprint density at radius 1 is 1.00 bits per heavy atom. The number of β-amino-alcohol motifs (C(OH)–C–C–N with tert-alkyl or cyclic N) is 1. The molecule has 5 aromatic heterocycles. The Morgan fingerprint density at radius 2 is 1.75 bits per heavy atom. The molecule has 2 aromatic carbocycles. The topological polar surface area (TPSA) is 235 Å². The van der Waals surface area contributed by atoms with Crippen molar-refractivity contribution >= 4 is 61.3 Å². The Kier molecular flexibility index (Phi) is 16.4. The SMILES string of the molecule is Cc1ncsc1-c1ccc(CNC(=O)[C@@H]2C[C@@H](O)CN2C(=O)[C@@H](c2cc(OCCCCCCCCNC(=O)c3cc4c(cc3CS(C)(=O)=O)-c3cn(C)c(=O)c5[nH]cc(c35)CN4c3ncc(F)cc3F)no2)C(C)C)cc1. The first kappa shape index (κ1) is 54.5. The van der Waals surface area contributed by atoms with Crippen LogP contribution in [0.25, 0.3) is 32.5 Å². The van der Waals surface area contributed by atoms with Gasteiger partial charge in [-0.2, -0.15) is 0 Å². The number of aromatic nitrogens is 5. The molecule has 3 atom stereocenters. The summed E-state index contributed by atoms with van der Waals surface area (Å²) in [6.45, 7) is 6.65. The van der Waals surface area contributed by atoms with Crippen LogP contribution in [0, 0.1) is 24.5 Å². The van der Waals surface area contributed by atoms with Crippen LogP contribution in [0.4, 0.5) is 20.3 Å². The number of H-pyrrole nitrogens is 1. The van der Waals surface area contributed by atoms with Crippen LogP contribution in [-0.4, -0.2) is 98.9 Å². The van der Waals surface area contributed by atoms with Crippen molar-refractivity contribution in [2.45, 2.75) is 103 Å². The predicted octanol–water partition coefficient (Wildman–Crippen LogP) is 7.99. The zero-order chi connectivity index (χ0) is 54.7. The first-order valence-electron chi connectivity index (χ1n) is 25.6. The fourth-order valence-corrected chi connectivity index (χ4v) is 11.9. The van der Waals surface area contributed by atoms with Gasteiger partial charge in [-0.05, 0) is 65.2 Å². The number of amides is 3. The second-order valence-electron chi connectivity index (χ2n) is 20.3. The number of nitrogens with zero attached hydrogens (tertiary/aromatic N) is 6. The molecule has 2 aliphatic rings. The summed E-state index contributed by atoms with van der Waals surface area (Å²) in [5.41, 5.74) is 6.90. The number of thiazole rings is 1. The number of unbranched alkanes of at least 4 members (excludes halogenated alkanes) is 5. The molecule has 0 radical (unpaired) electrons. The Hall–Kier alpha value is -7.30. The largest absolute Gasteiger partial charge is 0.476 e. The molecule has 77 heavy (non-hydrogen) atoms. The summed E-state index contributed by atoms with van der Waals surface area (Å²) >= 11 is 1.57. The molecule has 18 nitrogen and oxygen atoms in total. The van der Waals surface area contributed by atoms with Gasteiger partial charge in [0.2, 0.25) is 11.8 Å². The van der Waals surface area contributed by atoms with E-state index in [4.69, 9.17) is 9.26 Å². The predicted molar refractivity (Wildman–Crippen MR) is 287 cm³/mol. The minimum Gasteiger partial charge on any atom is -0.476 e. The lowest BCUT2D eigenvalue weighted by atomic mass is 9.91. The maximum absolute atomic E-state index is 15.5. The smallest absolute Gasteiger partial charge is 0.274 e. The molecule has 0 saturated carbocycles. The zero-order valence-electron chi connectivity index (χ0n) is 43.4. The van der Waals surface area contributed by atoms with Crippen LogP contribution in [0.15, 0.2) is 81.9 Å². The van der Waals surface area contributed by atoms with Gasteiger partial charge in [-0.15, -0.1) is 11.3 Å². The molecule has 9 rings (SSSR count). The maximum Gasteiger partial charge on any atom is 0.274 e. The number of carbonyl (C=O) groups is 3. The summed E-state index contributed by atoms with van der Waals surface area (Å²) in [5, 5.41) is 21.1. The normalized spacial score (nSPS) is 15.7. The number of ether oxygens (including phenoxy) is 1. The van der Waals surface area contributed by atoms with Crippen molar-refractivity contribution in [3.05, 3.63) is 128 Å². The highest BCUT2D eigenvalue weighted by Crippen LogP contribution is 2.45. The van der Waals surface area contributed by atoms with E-state index in [-0.39, 0.29) is 72.2 Å². The molecule has 0 spiro atoms. The van der Waals surface area contributed by atoms with Gasteiger partial charge in [0.15, 0.2) is 27.2 Å². The van der Waals surface area contributed by atoms with Gasteiger partial charge >= 0.3 is 0 Å². The fraction of sp³-hybridized carbons (Fsp3) is 0.400. The number of benzene rings is 2. The number of nitrogens with one attached hydrogen (secondary N) is 3. The Labute approximate surface area is 447 Å². The van der Waals surface area contributed by atoms with E-state index in [1.807, 2.05) is 50.5 Å². The Morgan fingerprint density at radius 3 is 2.47 bits per heavy atom. The van der Waals surface area contributed by atoms with E-state index in [1.165, 1.54) is 20.4 Å². The molecular weight excluding hydrogens is 1030 g/mol. The summed E-state index contributed by atoms with van der Waals surface area (Å²) in [5.74, 6) is -4.19. The zero-order valence-corrected chi connectivity index (χ0v) is 45.0. The van der Waals surface area contributed by atoms with Gasteiger partial charge < -0.3 is 44.4 Å². The van der Waals surface area contributed by atoms with Crippen molar-refractivity contribution in [2.75, 3.05) is 30.9 Å². The molecule has 0 bridgehead atoms. The van der Waals surface area contributed by atoms with Crippen molar-refractivity contribution in [3.8, 4) is 27.4 Å². The summed E-state index contributed by atoms with van der Waals surface area (Å²) in [4.78, 5) is 70.2. The summed E-state index contributed by atoms with van der Waals surface area (Å²) in [6.07, 6.45) is 9.21. The number of hydrogen-bond acceptors (Lipinski definition) is 14. The van der Waals surface area contributed by atoms with Gasteiger partial charge in [-0.3, -0.25) is 19.2 Å². The highest BCUT2D eigenvalue weighted by atomic mass is 32.2. The van der Waals surface area contributed by atoms with Crippen molar-refractivity contribution in [3.63, 3.8) is 0 Å². The van der Waals surface area contributed by atoms with E-state index in [9.17, 15) is 37.1 Å². The second kappa shape index (κ2) is 23.1. The molecule has 4 N–H and O–H groups in total. The number of aliphatic hydroxyl groups excluding tert-OH is 1. The van der Waals surface area contributed by atoms with Crippen LogP contribution < -0.4 is 25.8 Å². The molecule has 1 saturated heterocycles. The van der Waals surface area contributed by atoms with Crippen LogP contribution in [0.1, 0.15) is 103 Å². The van der Waals surface area contributed by atoms with E-state index >= 15 is 4.39 Å². The van der Waals surface area contributed by atoms with Gasteiger partial charge in [0.1, 0.15) is 23.3 Å². The molecule has 22 heteroatoms. The van der Waals surface area contributed by atoms with Crippen LogP contribution in [0.3, 0.4) is 0 Å². The first-order chi connectivity index (χ1) is 36.8. The lowest BCUT2D eigenvalue weighted by molar-refractivity contribution is -0.141. The average Bonchev–Trinajstić information content (AvgIpc) is 4.22. The number of rotatable bonds is 21. The van der Waals surface area contributed by atoms with Crippen molar-refractivity contribution in [1.29, 1.82) is 0 Å². The highest BCUT2D eigenvalue weighted by molar-refractivity contribution is 7.89. The standard InChI is InChI=1S/C55H61F2N9O9S2/c1-31(2)47(54(70)66-27-38(67)20-44(66)53(69)61-23-33-12-14-34(15-13-33)50-32(3)62-30-76-50)45-22-46(63-75-45)74-17-11-9-7-6-8-10-16-58-52(68)39-21-43-40(18-35(39)29-77(5,72)73)41-28-64(4)55(71)49-48(41)36(24-59-49)26-65(43)51-42(57)19-37(56)25-60-51/h12-15,18-19,21-22,24-25,28,30-31,38,44,47,59,67H,6-11,16-17,20,23,26-27,29H2,1-5H3,(H,58,68)(H,61,69)/t38-,44+,47-/m1/s1. The fourth-order valence-electron chi connectivity index (χ4n) is 10.3.